The van der Waals surface area contributed by atoms with Crippen molar-refractivity contribution in [3.8, 4) is 11.5 Å². The molecule has 0 heterocycles. The van der Waals surface area contributed by atoms with Gasteiger partial charge in [-0.3, -0.25) is 9.10 Å². The summed E-state index contributed by atoms with van der Waals surface area (Å²) in [5.74, 6) is 1.48. The first-order chi connectivity index (χ1) is 17.7. The Hall–Kier alpha value is -2.59. The highest BCUT2D eigenvalue weighted by atomic mass is 35.5. The number of carbonyl (C=O) groups is 1. The fourth-order valence-corrected chi connectivity index (χ4v) is 6.45. The fourth-order valence-electron chi connectivity index (χ4n) is 3.42. The van der Waals surface area contributed by atoms with E-state index in [2.05, 4.69) is 5.32 Å². The van der Waals surface area contributed by atoms with E-state index in [1.54, 1.807) is 60.3 Å². The molecule has 198 valence electrons. The summed E-state index contributed by atoms with van der Waals surface area (Å²) in [6.07, 6.45) is 0. The van der Waals surface area contributed by atoms with E-state index in [1.165, 1.54) is 26.4 Å². The molecule has 7 nitrogen and oxygen atoms in total. The van der Waals surface area contributed by atoms with Crippen LogP contribution in [-0.4, -0.2) is 47.4 Å². The molecule has 3 aromatic carbocycles. The SMILES string of the molecule is COc1ccc(N(CC(=O)NCCSCc2c(Cl)cccc2Cl)S(=O)(=O)c2ccc(C)cc2)c(OC)c1. The highest BCUT2D eigenvalue weighted by Gasteiger charge is 2.29. The van der Waals surface area contributed by atoms with Gasteiger partial charge < -0.3 is 14.8 Å². The second-order valence-corrected chi connectivity index (χ2v) is 11.7. The summed E-state index contributed by atoms with van der Waals surface area (Å²) < 4.78 is 39.0. The number of carbonyl (C=O) groups excluding carboxylic acids is 1. The molecular weight excluding hydrogens is 555 g/mol. The van der Waals surface area contributed by atoms with Crippen LogP contribution in [0.25, 0.3) is 0 Å². The largest absolute Gasteiger partial charge is 0.497 e. The number of anilines is 1. The monoisotopic (exact) mass is 582 g/mol. The van der Waals surface area contributed by atoms with Gasteiger partial charge in [-0.25, -0.2) is 8.42 Å². The Morgan fingerprint density at radius 3 is 2.30 bits per heavy atom. The highest BCUT2D eigenvalue weighted by molar-refractivity contribution is 7.98. The minimum atomic E-state index is -4.08. The van der Waals surface area contributed by atoms with Crippen LogP contribution in [0.2, 0.25) is 10.0 Å². The maximum Gasteiger partial charge on any atom is 0.264 e. The molecule has 0 atom stereocenters. The third-order valence-electron chi connectivity index (χ3n) is 5.43. The predicted molar refractivity (Wildman–Crippen MR) is 151 cm³/mol. The number of nitrogens with one attached hydrogen (secondary N) is 1. The summed E-state index contributed by atoms with van der Waals surface area (Å²) in [5, 5.41) is 3.98. The highest BCUT2D eigenvalue weighted by Crippen LogP contribution is 2.35. The van der Waals surface area contributed by atoms with E-state index in [-0.39, 0.29) is 16.3 Å². The molecule has 1 N–H and O–H groups in total. The molecule has 1 amide bonds. The van der Waals surface area contributed by atoms with Crippen LogP contribution in [0.1, 0.15) is 11.1 Å². The van der Waals surface area contributed by atoms with Crippen molar-refractivity contribution in [2.75, 3.05) is 37.4 Å². The number of amides is 1. The van der Waals surface area contributed by atoms with Crippen LogP contribution in [0.5, 0.6) is 11.5 Å². The second kappa shape index (κ2) is 13.3. The van der Waals surface area contributed by atoms with Crippen LogP contribution in [0.4, 0.5) is 5.69 Å². The van der Waals surface area contributed by atoms with Crippen molar-refractivity contribution in [2.24, 2.45) is 0 Å². The number of hydrogen-bond acceptors (Lipinski definition) is 6. The van der Waals surface area contributed by atoms with E-state index in [4.69, 9.17) is 32.7 Å². The van der Waals surface area contributed by atoms with Gasteiger partial charge in [0, 0.05) is 34.2 Å². The van der Waals surface area contributed by atoms with E-state index in [0.717, 1.165) is 15.4 Å². The Bertz CT molecular complexity index is 1320. The molecule has 0 spiro atoms. The Labute approximate surface area is 232 Å². The lowest BCUT2D eigenvalue weighted by Gasteiger charge is -2.26. The zero-order valence-electron chi connectivity index (χ0n) is 20.7. The summed E-state index contributed by atoms with van der Waals surface area (Å²) >= 11 is 14.0. The molecular formula is C26H28Cl2N2O5S2. The molecule has 0 aliphatic carbocycles. The molecule has 0 fully saturated rings. The molecule has 0 aliphatic rings. The lowest BCUT2D eigenvalue weighted by molar-refractivity contribution is -0.119. The van der Waals surface area contributed by atoms with Crippen molar-refractivity contribution in [2.45, 2.75) is 17.6 Å². The molecule has 0 unspecified atom stereocenters. The van der Waals surface area contributed by atoms with E-state index < -0.39 is 22.5 Å². The molecule has 0 radical (unpaired) electrons. The number of nitrogens with zero attached hydrogens (tertiary/aromatic N) is 1. The lowest BCUT2D eigenvalue weighted by atomic mass is 10.2. The van der Waals surface area contributed by atoms with Crippen LogP contribution < -0.4 is 19.1 Å². The maximum absolute atomic E-state index is 13.6. The topological polar surface area (TPSA) is 84.9 Å². The van der Waals surface area contributed by atoms with Gasteiger partial charge in [-0.1, -0.05) is 47.0 Å². The van der Waals surface area contributed by atoms with Gasteiger partial charge in [0.05, 0.1) is 24.8 Å². The third kappa shape index (κ3) is 7.47. The van der Waals surface area contributed by atoms with Crippen molar-refractivity contribution < 1.29 is 22.7 Å². The van der Waals surface area contributed by atoms with Crippen LogP contribution in [0.3, 0.4) is 0 Å². The molecule has 0 saturated heterocycles. The molecule has 37 heavy (non-hydrogen) atoms. The first kappa shape index (κ1) is 29.0. The Morgan fingerprint density at radius 1 is 1.00 bits per heavy atom. The standard InChI is InChI=1S/C26H28Cl2N2O5S2/c1-18-7-10-20(11-8-18)37(32,33)30(24-12-9-19(34-2)15-25(24)35-3)16-26(31)29-13-14-36-17-21-22(27)5-4-6-23(21)28/h4-12,15H,13-14,16-17H2,1-3H3,(H,29,31). The van der Waals surface area contributed by atoms with Crippen molar-refractivity contribution >= 4 is 56.6 Å². The normalized spacial score (nSPS) is 11.2. The number of aryl methyl sites for hydroxylation is 1. The molecule has 11 heteroatoms. The predicted octanol–water partition coefficient (Wildman–Crippen LogP) is 5.56. The lowest BCUT2D eigenvalue weighted by Crippen LogP contribution is -2.41. The molecule has 3 aromatic rings. The molecule has 3 rings (SSSR count). The zero-order valence-corrected chi connectivity index (χ0v) is 23.8. The van der Waals surface area contributed by atoms with Crippen LogP contribution in [0, 0.1) is 6.92 Å². The molecule has 0 aliphatic heterocycles. The van der Waals surface area contributed by atoms with Crippen LogP contribution >= 0.6 is 35.0 Å². The van der Waals surface area contributed by atoms with Gasteiger partial charge in [0.15, 0.2) is 0 Å². The van der Waals surface area contributed by atoms with Gasteiger partial charge in [-0.2, -0.15) is 11.8 Å². The number of methoxy groups -OCH3 is 2. The van der Waals surface area contributed by atoms with E-state index in [9.17, 15) is 13.2 Å². The quantitative estimate of drug-likeness (QED) is 0.281. The first-order valence-electron chi connectivity index (χ1n) is 11.3. The Morgan fingerprint density at radius 2 is 1.68 bits per heavy atom. The fraction of sp³-hybridized carbons (Fsp3) is 0.269. The smallest absolute Gasteiger partial charge is 0.264 e. The van der Waals surface area contributed by atoms with Gasteiger partial charge in [0.2, 0.25) is 5.91 Å². The van der Waals surface area contributed by atoms with Gasteiger partial charge in [0.25, 0.3) is 10.0 Å². The number of hydrogen-bond donors (Lipinski definition) is 1. The van der Waals surface area contributed by atoms with Crippen molar-refractivity contribution in [1.29, 1.82) is 0 Å². The van der Waals surface area contributed by atoms with E-state index >= 15 is 0 Å². The third-order valence-corrected chi connectivity index (χ3v) is 8.90. The first-order valence-corrected chi connectivity index (χ1v) is 14.6. The number of ether oxygens (including phenoxy) is 2. The van der Waals surface area contributed by atoms with Crippen molar-refractivity contribution in [3.63, 3.8) is 0 Å². The number of thioether (sulfide) groups is 1. The number of halogens is 2. The van der Waals surface area contributed by atoms with E-state index in [0.29, 0.717) is 33.8 Å². The number of sulfonamides is 1. The molecule has 0 aromatic heterocycles. The maximum atomic E-state index is 13.6. The summed E-state index contributed by atoms with van der Waals surface area (Å²) in [4.78, 5) is 13.0. The number of rotatable bonds is 12. The molecule has 0 saturated carbocycles. The molecule has 0 bridgehead atoms. The summed E-state index contributed by atoms with van der Waals surface area (Å²) in [7, 11) is -1.15. The summed E-state index contributed by atoms with van der Waals surface area (Å²) in [5.41, 5.74) is 1.98. The zero-order chi connectivity index (χ0) is 27.0. The minimum absolute atomic E-state index is 0.0657. The van der Waals surface area contributed by atoms with Crippen LogP contribution in [-0.2, 0) is 20.6 Å². The van der Waals surface area contributed by atoms with Gasteiger partial charge >= 0.3 is 0 Å². The van der Waals surface area contributed by atoms with Crippen LogP contribution in [0.15, 0.2) is 65.6 Å². The van der Waals surface area contributed by atoms with Gasteiger partial charge in [-0.05, 0) is 48.9 Å². The van der Waals surface area contributed by atoms with Crippen molar-refractivity contribution in [3.05, 3.63) is 81.8 Å². The minimum Gasteiger partial charge on any atom is -0.497 e. The van der Waals surface area contributed by atoms with Gasteiger partial charge in [-0.15, -0.1) is 0 Å². The number of benzene rings is 3. The average Bonchev–Trinajstić information content (AvgIpc) is 2.88. The van der Waals surface area contributed by atoms with E-state index in [1.807, 2.05) is 6.92 Å². The second-order valence-electron chi connectivity index (χ2n) is 7.97. The average molecular weight is 584 g/mol. The Balaban J connectivity index is 1.74. The van der Waals surface area contributed by atoms with Crippen molar-refractivity contribution in [1.82, 2.24) is 5.32 Å². The summed E-state index contributed by atoms with van der Waals surface area (Å²) in [6, 6.07) is 16.5. The summed E-state index contributed by atoms with van der Waals surface area (Å²) in [6.45, 7) is 1.77. The Kier molecular flexibility index (Phi) is 10.4. The van der Waals surface area contributed by atoms with Gasteiger partial charge in [0.1, 0.15) is 18.0 Å².